The lowest BCUT2D eigenvalue weighted by molar-refractivity contribution is 0.594. The number of halogens is 4. The van der Waals surface area contributed by atoms with Gasteiger partial charge in [-0.3, -0.25) is 0 Å². The molecule has 0 fully saturated rings. The molecule has 0 bridgehead atoms. The Kier molecular flexibility index (Phi) is 4.42. The molecule has 0 aliphatic heterocycles. The highest BCUT2D eigenvalue weighted by Gasteiger charge is 2.07. The summed E-state index contributed by atoms with van der Waals surface area (Å²) in [5.74, 6) is -0.895. The molecule has 0 aromatic heterocycles. The third-order valence-corrected chi connectivity index (χ3v) is 3.93. The number of aryl methyl sites for hydroxylation is 1. The van der Waals surface area contributed by atoms with Crippen molar-refractivity contribution in [2.75, 3.05) is 5.32 Å². The van der Waals surface area contributed by atoms with Gasteiger partial charge in [-0.15, -0.1) is 0 Å². The van der Waals surface area contributed by atoms with Gasteiger partial charge in [-0.25, -0.2) is 8.78 Å². The zero-order chi connectivity index (χ0) is 14.0. The molecule has 0 unspecified atom stereocenters. The van der Waals surface area contributed by atoms with Crippen LogP contribution in [0.15, 0.2) is 34.8 Å². The van der Waals surface area contributed by atoms with Crippen molar-refractivity contribution in [3.63, 3.8) is 0 Å². The van der Waals surface area contributed by atoms with Crippen molar-refractivity contribution in [1.29, 1.82) is 0 Å². The summed E-state index contributed by atoms with van der Waals surface area (Å²) in [6.07, 6.45) is 0. The van der Waals surface area contributed by atoms with E-state index in [1.807, 2.05) is 12.1 Å². The van der Waals surface area contributed by atoms with Crippen LogP contribution in [0.25, 0.3) is 0 Å². The lowest BCUT2D eigenvalue weighted by atomic mass is 10.2. The van der Waals surface area contributed by atoms with Crippen LogP contribution in [0.2, 0.25) is 5.02 Å². The van der Waals surface area contributed by atoms with Crippen molar-refractivity contribution in [2.45, 2.75) is 13.5 Å². The molecule has 0 radical (unpaired) electrons. The van der Waals surface area contributed by atoms with Crippen LogP contribution >= 0.6 is 27.5 Å². The molecule has 1 nitrogen and oxygen atoms in total. The van der Waals surface area contributed by atoms with E-state index in [1.54, 1.807) is 6.07 Å². The number of rotatable bonds is 3. The van der Waals surface area contributed by atoms with Crippen LogP contribution in [0.3, 0.4) is 0 Å². The molecule has 5 heteroatoms. The van der Waals surface area contributed by atoms with Crippen LogP contribution in [0, 0.1) is 18.6 Å². The Morgan fingerprint density at radius 3 is 2.58 bits per heavy atom. The topological polar surface area (TPSA) is 12.0 Å². The Morgan fingerprint density at radius 2 is 1.89 bits per heavy atom. The minimum absolute atomic E-state index is 0.147. The second-order valence-corrected chi connectivity index (χ2v) is 5.44. The van der Waals surface area contributed by atoms with E-state index in [4.69, 9.17) is 11.6 Å². The molecular weight excluding hydrogens is 336 g/mol. The average molecular weight is 347 g/mol. The lowest BCUT2D eigenvalue weighted by Crippen LogP contribution is -2.02. The summed E-state index contributed by atoms with van der Waals surface area (Å²) < 4.78 is 27.8. The minimum atomic E-state index is -0.466. The minimum Gasteiger partial charge on any atom is -0.379 e. The molecule has 100 valence electrons. The van der Waals surface area contributed by atoms with Gasteiger partial charge in [0.1, 0.15) is 11.6 Å². The molecule has 2 rings (SSSR count). The Morgan fingerprint density at radius 1 is 1.16 bits per heavy atom. The summed E-state index contributed by atoms with van der Waals surface area (Å²) in [5, 5.41) is 3.47. The highest BCUT2D eigenvalue weighted by atomic mass is 79.9. The molecule has 2 aromatic rings. The van der Waals surface area contributed by atoms with Crippen LogP contribution in [-0.4, -0.2) is 0 Å². The fourth-order valence-electron chi connectivity index (χ4n) is 1.63. The maximum atomic E-state index is 13.6. The van der Waals surface area contributed by atoms with E-state index in [0.29, 0.717) is 11.6 Å². The van der Waals surface area contributed by atoms with Gasteiger partial charge in [-0.2, -0.15) is 0 Å². The number of anilines is 1. The van der Waals surface area contributed by atoms with Gasteiger partial charge in [0, 0.05) is 17.1 Å². The molecule has 0 saturated heterocycles. The van der Waals surface area contributed by atoms with Gasteiger partial charge in [-0.05, 0) is 52.2 Å². The Labute approximate surface area is 123 Å². The van der Waals surface area contributed by atoms with Crippen molar-refractivity contribution >= 4 is 33.2 Å². The van der Waals surface area contributed by atoms with Gasteiger partial charge in [0.05, 0.1) is 10.7 Å². The van der Waals surface area contributed by atoms with Crippen LogP contribution in [0.5, 0.6) is 0 Å². The molecule has 2 aromatic carbocycles. The highest BCUT2D eigenvalue weighted by Crippen LogP contribution is 2.24. The normalized spacial score (nSPS) is 10.6. The third-order valence-electron chi connectivity index (χ3n) is 2.72. The largest absolute Gasteiger partial charge is 0.379 e. The quantitative estimate of drug-likeness (QED) is 0.795. The Balaban J connectivity index is 2.14. The van der Waals surface area contributed by atoms with Crippen LogP contribution in [0.4, 0.5) is 14.5 Å². The van der Waals surface area contributed by atoms with Gasteiger partial charge in [0.2, 0.25) is 0 Å². The zero-order valence-electron chi connectivity index (χ0n) is 10.1. The summed E-state index contributed by atoms with van der Waals surface area (Å²) in [6, 6.07) is 7.74. The lowest BCUT2D eigenvalue weighted by Gasteiger charge is -2.09. The molecule has 0 atom stereocenters. The first kappa shape index (κ1) is 14.3. The maximum absolute atomic E-state index is 13.6. The summed E-state index contributed by atoms with van der Waals surface area (Å²) in [5.41, 5.74) is 1.35. The summed E-state index contributed by atoms with van der Waals surface area (Å²) in [6.45, 7) is 1.91. The van der Waals surface area contributed by atoms with E-state index < -0.39 is 11.6 Å². The van der Waals surface area contributed by atoms with E-state index >= 15 is 0 Å². The Bertz CT molecular complexity index is 617. The van der Waals surface area contributed by atoms with E-state index in [0.717, 1.165) is 16.1 Å². The van der Waals surface area contributed by atoms with E-state index in [-0.39, 0.29) is 11.3 Å². The van der Waals surface area contributed by atoms with Crippen LogP contribution < -0.4 is 5.32 Å². The van der Waals surface area contributed by atoms with Crippen molar-refractivity contribution < 1.29 is 8.78 Å². The van der Waals surface area contributed by atoms with Gasteiger partial charge < -0.3 is 5.32 Å². The molecule has 19 heavy (non-hydrogen) atoms. The fourth-order valence-corrected chi connectivity index (χ4v) is 2.17. The molecule has 1 N–H and O–H groups in total. The molecule has 0 aliphatic rings. The number of hydrogen-bond acceptors (Lipinski definition) is 1. The number of nitrogens with one attached hydrogen (secondary N) is 1. The standard InChI is InChI=1S/C14H11BrClF2N/c1-8-4-13(18)14(6-12(8)17)19-7-9-2-3-11(16)10(15)5-9/h2-6,19H,7H2,1H3. The van der Waals surface area contributed by atoms with Gasteiger partial charge in [-0.1, -0.05) is 17.7 Å². The van der Waals surface area contributed by atoms with Crippen molar-refractivity contribution in [2.24, 2.45) is 0 Å². The monoisotopic (exact) mass is 345 g/mol. The van der Waals surface area contributed by atoms with E-state index in [1.165, 1.54) is 13.0 Å². The molecule has 0 amide bonds. The number of hydrogen-bond donors (Lipinski definition) is 1. The first-order chi connectivity index (χ1) is 8.97. The van der Waals surface area contributed by atoms with Gasteiger partial charge in [0.25, 0.3) is 0 Å². The zero-order valence-corrected chi connectivity index (χ0v) is 12.4. The Hall–Kier alpha value is -1.13. The first-order valence-corrected chi connectivity index (χ1v) is 6.78. The van der Waals surface area contributed by atoms with Crippen molar-refractivity contribution in [3.8, 4) is 0 Å². The number of benzene rings is 2. The summed E-state index contributed by atoms with van der Waals surface area (Å²) in [4.78, 5) is 0. The molecule has 0 heterocycles. The summed E-state index contributed by atoms with van der Waals surface area (Å²) in [7, 11) is 0. The second-order valence-electron chi connectivity index (χ2n) is 4.18. The van der Waals surface area contributed by atoms with E-state index in [2.05, 4.69) is 21.2 Å². The smallest absolute Gasteiger partial charge is 0.146 e. The molecule has 0 aliphatic carbocycles. The summed E-state index contributed by atoms with van der Waals surface area (Å²) >= 11 is 9.20. The fraction of sp³-hybridized carbons (Fsp3) is 0.143. The first-order valence-electron chi connectivity index (χ1n) is 5.61. The van der Waals surface area contributed by atoms with E-state index in [9.17, 15) is 8.78 Å². The SMILES string of the molecule is Cc1cc(F)c(NCc2ccc(Cl)c(Br)c2)cc1F. The predicted octanol–water partition coefficient (Wildman–Crippen LogP) is 5.30. The molecule has 0 spiro atoms. The van der Waals surface area contributed by atoms with Crippen molar-refractivity contribution in [1.82, 2.24) is 0 Å². The second kappa shape index (κ2) is 5.88. The van der Waals surface area contributed by atoms with Gasteiger partial charge >= 0.3 is 0 Å². The molecular formula is C14H11BrClF2N. The maximum Gasteiger partial charge on any atom is 0.146 e. The van der Waals surface area contributed by atoms with Gasteiger partial charge in [0.15, 0.2) is 0 Å². The third kappa shape index (κ3) is 3.45. The van der Waals surface area contributed by atoms with Crippen LogP contribution in [0.1, 0.15) is 11.1 Å². The van der Waals surface area contributed by atoms with Crippen molar-refractivity contribution in [3.05, 3.63) is 62.6 Å². The van der Waals surface area contributed by atoms with Crippen LogP contribution in [-0.2, 0) is 6.54 Å². The highest BCUT2D eigenvalue weighted by molar-refractivity contribution is 9.10. The average Bonchev–Trinajstić information content (AvgIpc) is 2.36. The predicted molar refractivity (Wildman–Crippen MR) is 77.6 cm³/mol. The molecule has 0 saturated carbocycles.